The minimum absolute atomic E-state index is 0.440. The largest absolute Gasteiger partial charge is 0.310 e. The van der Waals surface area contributed by atoms with Crippen LogP contribution in [0.15, 0.2) is 30.5 Å². The average Bonchev–Trinajstić information content (AvgIpc) is 2.80. The van der Waals surface area contributed by atoms with Gasteiger partial charge in [-0.25, -0.2) is 4.68 Å². The molecule has 1 unspecified atom stereocenters. The Kier molecular flexibility index (Phi) is 4.61. The first kappa shape index (κ1) is 14.6. The number of aromatic nitrogens is 2. The van der Waals surface area contributed by atoms with E-state index in [0.29, 0.717) is 6.04 Å². The van der Waals surface area contributed by atoms with Gasteiger partial charge in [-0.05, 0) is 50.4 Å². The van der Waals surface area contributed by atoms with E-state index in [1.54, 1.807) is 0 Å². The molecule has 0 spiro atoms. The van der Waals surface area contributed by atoms with Crippen molar-refractivity contribution in [3.63, 3.8) is 0 Å². The highest BCUT2D eigenvalue weighted by atomic mass is 35.5. The van der Waals surface area contributed by atoms with Crippen LogP contribution in [0.4, 0.5) is 0 Å². The van der Waals surface area contributed by atoms with E-state index in [1.807, 2.05) is 24.4 Å². The molecule has 1 aromatic heterocycles. The molecule has 1 atom stereocenters. The summed E-state index contributed by atoms with van der Waals surface area (Å²) >= 11 is 6.12. The summed E-state index contributed by atoms with van der Waals surface area (Å²) in [7, 11) is 0. The summed E-state index contributed by atoms with van der Waals surface area (Å²) in [6.45, 7) is 3.27. The number of hydrogen-bond acceptors (Lipinski definition) is 2. The lowest BCUT2D eigenvalue weighted by Gasteiger charge is -2.16. The lowest BCUT2D eigenvalue weighted by Crippen LogP contribution is -2.22. The fourth-order valence-electron chi connectivity index (χ4n) is 3.09. The third-order valence-corrected chi connectivity index (χ3v) is 4.36. The van der Waals surface area contributed by atoms with Crippen molar-refractivity contribution in [3.8, 4) is 5.69 Å². The van der Waals surface area contributed by atoms with Gasteiger partial charge < -0.3 is 5.32 Å². The Bertz CT molecular complexity index is 606. The Morgan fingerprint density at radius 2 is 2.29 bits per heavy atom. The number of nitrogens with one attached hydrogen (secondary N) is 1. The monoisotopic (exact) mass is 303 g/mol. The van der Waals surface area contributed by atoms with Crippen LogP contribution in [0.5, 0.6) is 0 Å². The fourth-order valence-corrected chi connectivity index (χ4v) is 3.27. The van der Waals surface area contributed by atoms with E-state index in [2.05, 4.69) is 28.1 Å². The van der Waals surface area contributed by atoms with Gasteiger partial charge in [0.05, 0.1) is 11.9 Å². The Morgan fingerprint density at radius 1 is 1.38 bits per heavy atom. The second-order valence-corrected chi connectivity index (χ2v) is 6.13. The first-order valence-corrected chi connectivity index (χ1v) is 8.23. The van der Waals surface area contributed by atoms with Crippen LogP contribution in [0.25, 0.3) is 5.69 Å². The van der Waals surface area contributed by atoms with Crippen LogP contribution in [0.1, 0.15) is 49.9 Å². The lowest BCUT2D eigenvalue weighted by molar-refractivity contribution is 0.489. The van der Waals surface area contributed by atoms with E-state index in [-0.39, 0.29) is 0 Å². The quantitative estimate of drug-likeness (QED) is 0.854. The highest BCUT2D eigenvalue weighted by Gasteiger charge is 2.22. The van der Waals surface area contributed by atoms with Crippen LogP contribution in [0, 0.1) is 0 Å². The third-order valence-electron chi connectivity index (χ3n) is 4.13. The van der Waals surface area contributed by atoms with E-state index in [4.69, 9.17) is 11.6 Å². The molecule has 0 saturated heterocycles. The van der Waals surface area contributed by atoms with E-state index < -0.39 is 0 Å². The van der Waals surface area contributed by atoms with Gasteiger partial charge in [0, 0.05) is 22.3 Å². The summed E-state index contributed by atoms with van der Waals surface area (Å²) in [5.74, 6) is 0. The molecular weight excluding hydrogens is 282 g/mol. The molecule has 1 aliphatic rings. The van der Waals surface area contributed by atoms with E-state index in [1.165, 1.54) is 30.5 Å². The van der Waals surface area contributed by atoms with E-state index >= 15 is 0 Å². The molecule has 0 amide bonds. The third kappa shape index (κ3) is 3.14. The second-order valence-electron chi connectivity index (χ2n) is 5.69. The van der Waals surface area contributed by atoms with Crippen molar-refractivity contribution in [1.29, 1.82) is 0 Å². The maximum atomic E-state index is 6.12. The minimum Gasteiger partial charge on any atom is -0.310 e. The zero-order chi connectivity index (χ0) is 14.7. The van der Waals surface area contributed by atoms with Crippen LogP contribution >= 0.6 is 11.6 Å². The molecule has 1 aromatic carbocycles. The molecule has 3 rings (SSSR count). The Balaban J connectivity index is 1.96. The van der Waals surface area contributed by atoms with Crippen LogP contribution in [0.2, 0.25) is 5.02 Å². The van der Waals surface area contributed by atoms with Crippen LogP contribution < -0.4 is 5.32 Å². The first-order valence-electron chi connectivity index (χ1n) is 7.85. The minimum atomic E-state index is 0.440. The normalized spacial score (nSPS) is 18.3. The van der Waals surface area contributed by atoms with Gasteiger partial charge in [-0.15, -0.1) is 0 Å². The van der Waals surface area contributed by atoms with Gasteiger partial charge in [0.15, 0.2) is 0 Å². The van der Waals surface area contributed by atoms with Crippen LogP contribution in [0.3, 0.4) is 0 Å². The molecule has 1 aliphatic carbocycles. The Labute approximate surface area is 131 Å². The maximum absolute atomic E-state index is 6.12. The van der Waals surface area contributed by atoms with Crippen molar-refractivity contribution in [2.24, 2.45) is 0 Å². The highest BCUT2D eigenvalue weighted by molar-refractivity contribution is 6.30. The zero-order valence-electron chi connectivity index (χ0n) is 12.5. The molecule has 0 saturated carbocycles. The van der Waals surface area contributed by atoms with E-state index in [0.717, 1.165) is 30.1 Å². The first-order chi connectivity index (χ1) is 10.3. The summed E-state index contributed by atoms with van der Waals surface area (Å²) in [4.78, 5) is 0. The van der Waals surface area contributed by atoms with Gasteiger partial charge in [0.2, 0.25) is 0 Å². The summed E-state index contributed by atoms with van der Waals surface area (Å²) in [6.07, 6.45) is 7.98. The predicted molar refractivity (Wildman–Crippen MR) is 87.2 cm³/mol. The molecule has 0 fully saturated rings. The van der Waals surface area contributed by atoms with Crippen molar-refractivity contribution >= 4 is 11.6 Å². The molecule has 0 bridgehead atoms. The lowest BCUT2D eigenvalue weighted by atomic mass is 10.1. The van der Waals surface area contributed by atoms with E-state index in [9.17, 15) is 0 Å². The molecule has 0 radical (unpaired) electrons. The van der Waals surface area contributed by atoms with Gasteiger partial charge in [-0.2, -0.15) is 5.10 Å². The number of nitrogens with zero attached hydrogens (tertiary/aromatic N) is 2. The summed E-state index contributed by atoms with van der Waals surface area (Å²) < 4.78 is 2.06. The van der Waals surface area contributed by atoms with Gasteiger partial charge in [0.25, 0.3) is 0 Å². The van der Waals surface area contributed by atoms with Crippen molar-refractivity contribution in [2.45, 2.75) is 45.1 Å². The zero-order valence-corrected chi connectivity index (χ0v) is 13.2. The Hall–Kier alpha value is -1.32. The topological polar surface area (TPSA) is 29.9 Å². The number of rotatable bonds is 4. The number of halogens is 1. The highest BCUT2D eigenvalue weighted by Crippen LogP contribution is 2.30. The standard InChI is InChI=1S/C17H22ClN3/c1-2-10-19-16-8-3-4-9-17-15(16)12-20-21(17)14-7-5-6-13(18)11-14/h5-7,11-12,16,19H,2-4,8-10H2,1H3. The SMILES string of the molecule is CCCNC1CCCCc2c1cnn2-c1cccc(Cl)c1. The molecular formula is C17H22ClN3. The molecule has 21 heavy (non-hydrogen) atoms. The van der Waals surface area contributed by atoms with Gasteiger partial charge in [-0.3, -0.25) is 0 Å². The molecule has 1 heterocycles. The van der Waals surface area contributed by atoms with Gasteiger partial charge in [0.1, 0.15) is 0 Å². The summed E-state index contributed by atoms with van der Waals surface area (Å²) in [5.41, 5.74) is 3.75. The second kappa shape index (κ2) is 6.63. The molecule has 2 aromatic rings. The summed E-state index contributed by atoms with van der Waals surface area (Å²) in [5, 5.41) is 9.05. The van der Waals surface area contributed by atoms with Gasteiger partial charge in [-0.1, -0.05) is 31.0 Å². The molecule has 4 heteroatoms. The number of fused-ring (bicyclic) bond motifs is 1. The number of benzene rings is 1. The average molecular weight is 304 g/mol. The summed E-state index contributed by atoms with van der Waals surface area (Å²) in [6, 6.07) is 8.37. The Morgan fingerprint density at radius 3 is 3.10 bits per heavy atom. The van der Waals surface area contributed by atoms with Crippen molar-refractivity contribution in [2.75, 3.05) is 6.54 Å². The fraction of sp³-hybridized carbons (Fsp3) is 0.471. The molecule has 3 nitrogen and oxygen atoms in total. The predicted octanol–water partition coefficient (Wildman–Crippen LogP) is 4.29. The molecule has 1 N–H and O–H groups in total. The number of hydrogen-bond donors (Lipinski definition) is 1. The molecule has 112 valence electrons. The maximum Gasteiger partial charge on any atom is 0.0663 e. The molecule has 0 aliphatic heterocycles. The van der Waals surface area contributed by atoms with Gasteiger partial charge >= 0.3 is 0 Å². The van der Waals surface area contributed by atoms with Crippen LogP contribution in [-0.4, -0.2) is 16.3 Å². The smallest absolute Gasteiger partial charge is 0.0663 e. The van der Waals surface area contributed by atoms with Crippen molar-refractivity contribution in [1.82, 2.24) is 15.1 Å². The van der Waals surface area contributed by atoms with Crippen LogP contribution in [-0.2, 0) is 6.42 Å². The van der Waals surface area contributed by atoms with Crippen molar-refractivity contribution in [3.05, 3.63) is 46.7 Å². The van der Waals surface area contributed by atoms with Crippen molar-refractivity contribution < 1.29 is 0 Å².